The van der Waals surface area contributed by atoms with Gasteiger partial charge in [-0.05, 0) is 42.7 Å². The van der Waals surface area contributed by atoms with Crippen LogP contribution < -0.4 is 0 Å². The third kappa shape index (κ3) is 5.72. The topological polar surface area (TPSA) is 80.5 Å². The van der Waals surface area contributed by atoms with Crippen LogP contribution in [0.4, 0.5) is 5.69 Å². The summed E-state index contributed by atoms with van der Waals surface area (Å²) in [4.78, 5) is 10.4. The lowest BCUT2D eigenvalue weighted by Gasteiger charge is -2.18. The number of nitro groups is 1. The van der Waals surface area contributed by atoms with Crippen molar-refractivity contribution in [2.75, 3.05) is 0 Å². The van der Waals surface area contributed by atoms with Crippen molar-refractivity contribution in [2.24, 2.45) is 0 Å². The summed E-state index contributed by atoms with van der Waals surface area (Å²) in [6.45, 7) is 1.95. The van der Waals surface area contributed by atoms with E-state index in [0.717, 1.165) is 15.4 Å². The number of nitro benzene ring substituents is 1. The molecule has 0 radical (unpaired) electrons. The predicted octanol–water partition coefficient (Wildman–Crippen LogP) is 4.11. The third-order valence-corrected chi connectivity index (χ3v) is 5.97. The Balaban J connectivity index is 1.89. The van der Waals surface area contributed by atoms with Gasteiger partial charge >= 0.3 is 0 Å². The Kier molecular flexibility index (Phi) is 6.71. The van der Waals surface area contributed by atoms with Crippen LogP contribution in [0.2, 0.25) is 0 Å². The van der Waals surface area contributed by atoms with E-state index in [-0.39, 0.29) is 17.1 Å². The van der Waals surface area contributed by atoms with Crippen molar-refractivity contribution in [3.8, 4) is 23.8 Å². The largest absolute Gasteiger partial charge is 0.271 e. The van der Waals surface area contributed by atoms with E-state index >= 15 is 0 Å². The molecule has 0 aromatic heterocycles. The Morgan fingerprint density at radius 1 is 0.903 bits per heavy atom. The number of sulfonamides is 1. The van der Waals surface area contributed by atoms with Gasteiger partial charge in [-0.2, -0.15) is 0 Å². The van der Waals surface area contributed by atoms with Crippen LogP contribution in [0.15, 0.2) is 83.8 Å². The number of nitrogens with zero attached hydrogens (tertiary/aromatic N) is 2. The minimum atomic E-state index is -3.86. The molecule has 3 rings (SSSR count). The molecule has 0 aliphatic heterocycles. The average molecular weight is 430 g/mol. The maximum absolute atomic E-state index is 13.1. The van der Waals surface area contributed by atoms with Crippen LogP contribution in [0.5, 0.6) is 0 Å². The molecular weight excluding hydrogens is 412 g/mol. The highest BCUT2D eigenvalue weighted by molar-refractivity contribution is 7.89. The molecule has 0 fully saturated rings. The molecule has 0 N–H and O–H groups in total. The van der Waals surface area contributed by atoms with Gasteiger partial charge in [0.05, 0.1) is 16.4 Å². The van der Waals surface area contributed by atoms with Gasteiger partial charge in [0.15, 0.2) is 0 Å². The highest BCUT2D eigenvalue weighted by Gasteiger charge is 2.22. The fraction of sp³-hybridized carbons (Fsp3) is 0.0833. The summed E-state index contributed by atoms with van der Waals surface area (Å²) in [5.74, 6) is 7.95. The van der Waals surface area contributed by atoms with Gasteiger partial charge in [0.1, 0.15) is 0 Å². The van der Waals surface area contributed by atoms with Crippen molar-refractivity contribution < 1.29 is 13.3 Å². The van der Waals surface area contributed by atoms with E-state index in [1.165, 1.54) is 24.3 Å². The van der Waals surface area contributed by atoms with Gasteiger partial charge in [-0.15, -0.1) is 0 Å². The Labute approximate surface area is 181 Å². The molecular formula is C24H18N2O4S. The SMILES string of the molecule is Cc1ccc(S(=O)(=O)N(C#CC#Cc2ccc([N+](=O)[O-])cc2)Cc2ccccc2)cc1. The molecule has 7 heteroatoms. The molecule has 0 unspecified atom stereocenters. The number of rotatable bonds is 5. The molecule has 0 aliphatic carbocycles. The molecule has 0 heterocycles. The van der Waals surface area contributed by atoms with E-state index in [1.807, 2.05) is 37.3 Å². The van der Waals surface area contributed by atoms with E-state index in [9.17, 15) is 18.5 Å². The number of hydrogen-bond donors (Lipinski definition) is 0. The van der Waals surface area contributed by atoms with E-state index in [1.54, 1.807) is 24.3 Å². The number of hydrogen-bond acceptors (Lipinski definition) is 4. The highest BCUT2D eigenvalue weighted by Crippen LogP contribution is 2.18. The lowest BCUT2D eigenvalue weighted by Crippen LogP contribution is -2.26. The van der Waals surface area contributed by atoms with Crippen LogP contribution in [-0.2, 0) is 16.6 Å². The van der Waals surface area contributed by atoms with E-state index in [2.05, 4.69) is 23.8 Å². The monoisotopic (exact) mass is 430 g/mol. The summed E-state index contributed by atoms with van der Waals surface area (Å²) in [5.41, 5.74) is 2.25. The number of non-ortho nitro benzene ring substituents is 1. The number of aryl methyl sites for hydroxylation is 1. The van der Waals surface area contributed by atoms with Gasteiger partial charge in [-0.1, -0.05) is 53.9 Å². The second-order valence-corrected chi connectivity index (χ2v) is 8.46. The molecule has 0 atom stereocenters. The van der Waals surface area contributed by atoms with Crippen molar-refractivity contribution in [3.63, 3.8) is 0 Å². The molecule has 0 amide bonds. The molecule has 6 nitrogen and oxygen atoms in total. The van der Waals surface area contributed by atoms with E-state index < -0.39 is 14.9 Å². The summed E-state index contributed by atoms with van der Waals surface area (Å²) in [6, 6.07) is 24.1. The first-order valence-electron chi connectivity index (χ1n) is 9.26. The van der Waals surface area contributed by atoms with Gasteiger partial charge in [0.2, 0.25) is 0 Å². The minimum Gasteiger partial charge on any atom is -0.258 e. The fourth-order valence-electron chi connectivity index (χ4n) is 2.63. The average Bonchev–Trinajstić information content (AvgIpc) is 2.77. The zero-order valence-electron chi connectivity index (χ0n) is 16.6. The minimum absolute atomic E-state index is 0.0325. The first kappa shape index (κ1) is 21.6. The van der Waals surface area contributed by atoms with Crippen LogP contribution in [-0.4, -0.2) is 17.6 Å². The lowest BCUT2D eigenvalue weighted by atomic mass is 10.2. The quantitative estimate of drug-likeness (QED) is 0.264. The van der Waals surface area contributed by atoms with Crippen molar-refractivity contribution in [2.45, 2.75) is 18.4 Å². The Morgan fingerprint density at radius 3 is 2.16 bits per heavy atom. The first-order chi connectivity index (χ1) is 14.9. The predicted molar refractivity (Wildman–Crippen MR) is 118 cm³/mol. The molecule has 3 aromatic carbocycles. The first-order valence-corrected chi connectivity index (χ1v) is 10.7. The third-order valence-electron chi connectivity index (χ3n) is 4.31. The second-order valence-electron chi connectivity index (χ2n) is 6.60. The molecule has 3 aromatic rings. The summed E-state index contributed by atoms with van der Waals surface area (Å²) in [6.07, 6.45) is 0. The Bertz CT molecular complexity index is 1290. The van der Waals surface area contributed by atoms with Gasteiger partial charge < -0.3 is 0 Å². The van der Waals surface area contributed by atoms with Crippen molar-refractivity contribution in [1.82, 2.24) is 4.31 Å². The van der Waals surface area contributed by atoms with Crippen molar-refractivity contribution in [1.29, 1.82) is 0 Å². The fourth-order valence-corrected chi connectivity index (χ4v) is 3.85. The van der Waals surface area contributed by atoms with Crippen LogP contribution in [0.3, 0.4) is 0 Å². The molecule has 0 spiro atoms. The Hall–Kier alpha value is -4.07. The van der Waals surface area contributed by atoms with E-state index in [0.29, 0.717) is 5.56 Å². The smallest absolute Gasteiger partial charge is 0.258 e. The van der Waals surface area contributed by atoms with Crippen LogP contribution >= 0.6 is 0 Å². The Morgan fingerprint density at radius 2 is 1.55 bits per heavy atom. The standard InChI is InChI=1S/C24H18N2O4S/c1-20-10-16-24(17-11-20)31(29,30)25(19-22-8-3-2-4-9-22)18-6-5-7-21-12-14-23(15-13-21)26(27)28/h2-4,8-17H,19H2,1H3. The molecule has 31 heavy (non-hydrogen) atoms. The van der Waals surface area contributed by atoms with Gasteiger partial charge in [-0.3, -0.25) is 10.1 Å². The summed E-state index contributed by atoms with van der Waals surface area (Å²) >= 11 is 0. The molecule has 0 aliphatic rings. The number of benzene rings is 3. The summed E-state index contributed by atoms with van der Waals surface area (Å²) < 4.78 is 27.3. The highest BCUT2D eigenvalue weighted by atomic mass is 32.2. The van der Waals surface area contributed by atoms with Gasteiger partial charge in [0, 0.05) is 29.7 Å². The van der Waals surface area contributed by atoms with Crippen molar-refractivity contribution >= 4 is 15.7 Å². The zero-order chi connectivity index (χ0) is 22.3. The molecule has 0 saturated carbocycles. The van der Waals surface area contributed by atoms with Crippen LogP contribution in [0, 0.1) is 40.8 Å². The molecule has 0 bridgehead atoms. The van der Waals surface area contributed by atoms with Crippen LogP contribution in [0.1, 0.15) is 16.7 Å². The maximum atomic E-state index is 13.1. The normalized spacial score (nSPS) is 10.2. The maximum Gasteiger partial charge on any atom is 0.271 e. The molecule has 0 saturated heterocycles. The summed E-state index contributed by atoms with van der Waals surface area (Å²) in [5, 5.41) is 10.7. The molecule has 154 valence electrons. The van der Waals surface area contributed by atoms with E-state index in [4.69, 9.17) is 0 Å². The van der Waals surface area contributed by atoms with Gasteiger partial charge in [-0.25, -0.2) is 12.7 Å². The van der Waals surface area contributed by atoms with Gasteiger partial charge in [0.25, 0.3) is 15.7 Å². The second kappa shape index (κ2) is 9.62. The van der Waals surface area contributed by atoms with Crippen molar-refractivity contribution in [3.05, 3.63) is 106 Å². The van der Waals surface area contributed by atoms with Crippen LogP contribution in [0.25, 0.3) is 0 Å². The lowest BCUT2D eigenvalue weighted by molar-refractivity contribution is -0.384. The zero-order valence-corrected chi connectivity index (χ0v) is 17.5. The summed E-state index contributed by atoms with van der Waals surface area (Å²) in [7, 11) is -3.86.